The van der Waals surface area contributed by atoms with Crippen LogP contribution >= 0.6 is 0 Å². The molecule has 20 heteroatoms. The van der Waals surface area contributed by atoms with Gasteiger partial charge in [0.25, 0.3) is 0 Å². The number of carboxylic acid groups (broad SMARTS) is 4. The van der Waals surface area contributed by atoms with E-state index in [9.17, 15) is 39.6 Å². The van der Waals surface area contributed by atoms with Crippen LogP contribution in [0.5, 0.6) is 57.5 Å². The van der Waals surface area contributed by atoms with Gasteiger partial charge in [-0.25, -0.2) is 9.59 Å². The van der Waals surface area contributed by atoms with Gasteiger partial charge in [0, 0.05) is 70.7 Å². The maximum atomic E-state index is 12.9. The molecular formula is C58H54Na2O18. The van der Waals surface area contributed by atoms with Gasteiger partial charge in [0.05, 0.1) is 27.4 Å². The molecule has 0 saturated heterocycles. The molecule has 6 aromatic rings. The van der Waals surface area contributed by atoms with Crippen LogP contribution in [0.4, 0.5) is 0 Å². The van der Waals surface area contributed by atoms with Gasteiger partial charge in [-0.1, -0.05) is 50.2 Å². The second-order valence-corrected chi connectivity index (χ2v) is 18.3. The van der Waals surface area contributed by atoms with Crippen LogP contribution in [-0.4, -0.2) is 88.3 Å². The second kappa shape index (κ2) is 26.2. The fraction of sp³-hybridized carbons (Fsp3) is 0.310. The molecule has 2 N–H and O–H groups in total. The van der Waals surface area contributed by atoms with E-state index < -0.39 is 72.6 Å². The normalized spacial score (nSPS) is 18.6. The Morgan fingerprint density at radius 3 is 1.19 bits per heavy atom. The van der Waals surface area contributed by atoms with Crippen molar-refractivity contribution < 1.29 is 146 Å². The minimum atomic E-state index is -1.25. The van der Waals surface area contributed by atoms with Crippen LogP contribution in [0.1, 0.15) is 94.9 Å². The van der Waals surface area contributed by atoms with Crippen molar-refractivity contribution in [2.75, 3.05) is 54.2 Å². The first kappa shape index (κ1) is 58.9. The number of methoxy groups -OCH3 is 2. The summed E-state index contributed by atoms with van der Waals surface area (Å²) in [6.45, 7) is 4.02. The van der Waals surface area contributed by atoms with E-state index >= 15 is 0 Å². The van der Waals surface area contributed by atoms with Gasteiger partial charge in [-0.05, 0) is 107 Å². The molecule has 78 heavy (non-hydrogen) atoms. The quantitative estimate of drug-likeness (QED) is 0.0997. The third-order valence-electron chi connectivity index (χ3n) is 13.7. The monoisotopic (exact) mass is 1080 g/mol. The summed E-state index contributed by atoms with van der Waals surface area (Å²) < 4.78 is 55.7. The Kier molecular flexibility index (Phi) is 19.8. The number of carbonyl (C=O) groups is 4. The third kappa shape index (κ3) is 12.4. The van der Waals surface area contributed by atoms with E-state index in [4.69, 9.17) is 47.4 Å². The van der Waals surface area contributed by atoms with Gasteiger partial charge < -0.3 is 77.4 Å². The number of ether oxygens (including phenoxy) is 10. The molecule has 4 aliphatic rings. The zero-order valence-corrected chi connectivity index (χ0v) is 47.9. The number of hydrogen-bond donors (Lipinski definition) is 2. The van der Waals surface area contributed by atoms with Gasteiger partial charge in [0.2, 0.25) is 13.6 Å². The van der Waals surface area contributed by atoms with Crippen LogP contribution in [0, 0.1) is 11.8 Å². The van der Waals surface area contributed by atoms with E-state index in [2.05, 4.69) is 0 Å². The van der Waals surface area contributed by atoms with Gasteiger partial charge in [-0.2, -0.15) is 0 Å². The molecule has 6 atom stereocenters. The number of carbonyl (C=O) groups excluding carboxylic acids is 2. The van der Waals surface area contributed by atoms with Crippen molar-refractivity contribution in [2.45, 2.75) is 50.4 Å². The Balaban J connectivity index is 0.000000220. The standard InChI is InChI=1S/2C29H28O9.2Na/c2*1-3-10-35-18-6-7-19-21(12-18)27(20-8-5-17(34-2)13-23(20)36-14-25(30)31)28(29(32)33)26(19)16-4-9-22-24(11-16)38-15-37-22;;/h2*4-9,11-13,26-28H,3,10,14-15H2,1-2H3,(H,30,31)(H,32,33);;/q;;2*+1/p-2/t2*26-,27+,28+;;/m00../s1. The van der Waals surface area contributed by atoms with Crippen molar-refractivity contribution in [1.29, 1.82) is 0 Å². The molecule has 0 saturated carbocycles. The number of fused-ring (bicyclic) bond motifs is 4. The Morgan fingerprint density at radius 2 is 0.833 bits per heavy atom. The molecule has 18 nitrogen and oxygen atoms in total. The fourth-order valence-electron chi connectivity index (χ4n) is 10.6. The minimum absolute atomic E-state index is 0. The van der Waals surface area contributed by atoms with Crippen molar-refractivity contribution in [3.8, 4) is 57.5 Å². The van der Waals surface area contributed by atoms with E-state index in [-0.39, 0.29) is 84.2 Å². The van der Waals surface area contributed by atoms with Crippen molar-refractivity contribution in [1.82, 2.24) is 0 Å². The maximum absolute atomic E-state index is 12.9. The van der Waals surface area contributed by atoms with Crippen molar-refractivity contribution in [3.05, 3.63) is 154 Å². The first-order valence-corrected chi connectivity index (χ1v) is 24.6. The van der Waals surface area contributed by atoms with Gasteiger partial charge in [0.1, 0.15) is 34.5 Å². The van der Waals surface area contributed by atoms with Crippen LogP contribution in [0.3, 0.4) is 0 Å². The van der Waals surface area contributed by atoms with E-state index in [1.807, 2.05) is 62.4 Å². The first-order chi connectivity index (χ1) is 36.8. The summed E-state index contributed by atoms with van der Waals surface area (Å²) in [5.74, 6) is -4.63. The average molecular weight is 1090 g/mol. The van der Waals surface area contributed by atoms with Crippen LogP contribution < -0.4 is 117 Å². The molecule has 6 aromatic carbocycles. The number of hydrogen-bond acceptors (Lipinski definition) is 16. The van der Waals surface area contributed by atoms with Gasteiger partial charge in [-0.15, -0.1) is 0 Å². The number of rotatable bonds is 20. The molecule has 0 bridgehead atoms. The SMILES string of the molecule is CCCOc1ccc2c(c1)[C@@H](c1ccc(OC)cc1OCC(=O)O)[C@H](C(=O)[O-])[C@H]2c1ccc2c(c1)OCO2.CCCOc1ccc2c(c1)[C@@H](c1ccc(OC)cc1OCC(=O)O)[C@H](C(=O)[O-])[C@H]2c1ccc2c(c1)OCO2.[Na+].[Na+]. The number of carboxylic acids is 4. The van der Waals surface area contributed by atoms with Crippen LogP contribution in [0.25, 0.3) is 0 Å². The number of aliphatic carboxylic acids is 4. The molecule has 0 radical (unpaired) electrons. The van der Waals surface area contributed by atoms with Crippen LogP contribution in [0.15, 0.2) is 109 Å². The number of benzene rings is 6. The minimum Gasteiger partial charge on any atom is -0.550 e. The second-order valence-electron chi connectivity index (χ2n) is 18.3. The molecule has 2 aliphatic carbocycles. The smallest absolute Gasteiger partial charge is 0.550 e. The summed E-state index contributed by atoms with van der Waals surface area (Å²) in [4.78, 5) is 48.4. The zero-order chi connectivity index (χ0) is 53.6. The summed E-state index contributed by atoms with van der Waals surface area (Å²) in [6, 6.07) is 31.9. The van der Waals surface area contributed by atoms with E-state index in [1.54, 1.807) is 60.7 Å². The predicted molar refractivity (Wildman–Crippen MR) is 266 cm³/mol. The Morgan fingerprint density at radius 1 is 0.462 bits per heavy atom. The molecule has 0 amide bonds. The molecule has 0 spiro atoms. The predicted octanol–water partition coefficient (Wildman–Crippen LogP) is 0.647. The summed E-state index contributed by atoms with van der Waals surface area (Å²) in [5, 5.41) is 44.2. The molecule has 0 unspecified atom stereocenters. The summed E-state index contributed by atoms with van der Waals surface area (Å²) in [5.41, 5.74) is 5.56. The van der Waals surface area contributed by atoms with E-state index in [0.29, 0.717) is 70.3 Å². The molecule has 10 rings (SSSR count). The Bertz CT molecular complexity index is 2950. The van der Waals surface area contributed by atoms with Crippen LogP contribution in [-0.2, 0) is 19.2 Å². The largest absolute Gasteiger partial charge is 1.00 e. The Hall–Kier alpha value is -6.80. The van der Waals surface area contributed by atoms with E-state index in [1.165, 1.54) is 14.2 Å². The molecule has 0 fully saturated rings. The topological polar surface area (TPSA) is 247 Å². The van der Waals surface area contributed by atoms with Crippen LogP contribution in [0.2, 0.25) is 0 Å². The zero-order valence-electron chi connectivity index (χ0n) is 43.9. The van der Waals surface area contributed by atoms with E-state index in [0.717, 1.165) is 46.2 Å². The van der Waals surface area contributed by atoms with Gasteiger partial charge in [0.15, 0.2) is 36.2 Å². The Labute approximate surface area is 494 Å². The fourth-order valence-corrected chi connectivity index (χ4v) is 10.6. The molecular weight excluding hydrogens is 1030 g/mol. The third-order valence-corrected chi connectivity index (χ3v) is 13.7. The maximum Gasteiger partial charge on any atom is 1.00 e. The molecule has 0 aromatic heterocycles. The summed E-state index contributed by atoms with van der Waals surface area (Å²) in [6.07, 6.45) is 1.63. The van der Waals surface area contributed by atoms with Gasteiger partial charge in [-0.3, -0.25) is 0 Å². The molecule has 396 valence electrons. The molecule has 2 aliphatic heterocycles. The average Bonchev–Trinajstić information content (AvgIpc) is 4.38. The van der Waals surface area contributed by atoms with Gasteiger partial charge >= 0.3 is 71.1 Å². The first-order valence-electron chi connectivity index (χ1n) is 24.6. The summed E-state index contributed by atoms with van der Waals surface area (Å²) in [7, 11) is 2.97. The van der Waals surface area contributed by atoms with Crippen molar-refractivity contribution in [2.24, 2.45) is 11.8 Å². The van der Waals surface area contributed by atoms with Crippen molar-refractivity contribution in [3.63, 3.8) is 0 Å². The summed E-state index contributed by atoms with van der Waals surface area (Å²) >= 11 is 0. The molecule has 2 heterocycles. The van der Waals surface area contributed by atoms with Crippen molar-refractivity contribution >= 4 is 23.9 Å².